The number of nitrogens with two attached hydrogens (primary N) is 2. The van der Waals surface area contributed by atoms with E-state index in [1.54, 1.807) is 12.1 Å². The molecule has 8 aliphatic carbocycles. The van der Waals surface area contributed by atoms with E-state index in [1.807, 2.05) is 58.8 Å². The Kier molecular flexibility index (Phi) is 20.9. The molecule has 13 N–H and O–H groups in total. The second-order valence-electron chi connectivity index (χ2n) is 30.5. The number of aromatic nitrogens is 1. The average molecular weight is 1280 g/mol. The van der Waals surface area contributed by atoms with Crippen LogP contribution in [0.3, 0.4) is 0 Å². The molecular weight excluding hydrogens is 1180 g/mol. The van der Waals surface area contributed by atoms with Crippen molar-refractivity contribution in [3.63, 3.8) is 0 Å². The third-order valence-corrected chi connectivity index (χ3v) is 27.4. The number of phenolic OH excluding ortho intramolecular Hbond substituents is 2. The molecule has 1 aliphatic heterocycles. The average Bonchev–Trinajstić information content (AvgIpc) is 1.53. The number of aromatic amines is 1. The Morgan fingerprint density at radius 1 is 0.824 bits per heavy atom. The summed E-state index contributed by atoms with van der Waals surface area (Å²) in [6.45, 7) is 5.57. The molecular formula is C75H109N7O7S2. The van der Waals surface area contributed by atoms with E-state index in [2.05, 4.69) is 52.1 Å². The van der Waals surface area contributed by atoms with E-state index < -0.39 is 12.2 Å². The van der Waals surface area contributed by atoms with Crippen molar-refractivity contribution in [2.24, 2.45) is 68.7 Å². The van der Waals surface area contributed by atoms with Crippen molar-refractivity contribution in [1.29, 1.82) is 0 Å². The first-order valence-corrected chi connectivity index (χ1v) is 38.5. The topological polar surface area (TPSA) is 240 Å². The van der Waals surface area contributed by atoms with Crippen LogP contribution in [0, 0.1) is 52.3 Å². The van der Waals surface area contributed by atoms with Gasteiger partial charge in [0, 0.05) is 95.8 Å². The van der Waals surface area contributed by atoms with Crippen LogP contribution in [0.15, 0.2) is 76.2 Å². The molecule has 1 saturated heterocycles. The first kappa shape index (κ1) is 65.5. The number of ether oxygens (including phenoxy) is 1. The number of benzene rings is 2. The predicted octanol–water partition coefficient (Wildman–Crippen LogP) is 13.1. The highest BCUT2D eigenvalue weighted by Crippen LogP contribution is 2.73. The lowest BCUT2D eigenvalue weighted by Crippen LogP contribution is -2.53. The maximum absolute atomic E-state index is 12.1. The second-order valence-corrected chi connectivity index (χ2v) is 33.0. The smallest absolute Gasteiger partial charge is 0.189 e. The van der Waals surface area contributed by atoms with Crippen LogP contribution in [0.4, 0.5) is 0 Å². The molecule has 0 unspecified atom stereocenters. The summed E-state index contributed by atoms with van der Waals surface area (Å²) in [4.78, 5) is 9.12. The summed E-state index contributed by atoms with van der Waals surface area (Å²) in [7, 11) is 3.96. The van der Waals surface area contributed by atoms with Gasteiger partial charge in [0.15, 0.2) is 17.5 Å². The van der Waals surface area contributed by atoms with Crippen LogP contribution in [-0.4, -0.2) is 104 Å². The third-order valence-electron chi connectivity index (χ3n) is 25.0. The number of phenols is 2. The van der Waals surface area contributed by atoms with E-state index in [4.69, 9.17) is 25.6 Å². The fourth-order valence-corrected chi connectivity index (χ4v) is 23.4. The summed E-state index contributed by atoms with van der Waals surface area (Å²) in [6, 6.07) is 18.8. The van der Waals surface area contributed by atoms with Crippen LogP contribution in [0.25, 0.3) is 0 Å². The molecule has 13 rings (SSSR count). The molecule has 91 heavy (non-hydrogen) atoms. The molecule has 2 aromatic carbocycles. The number of rotatable bonds is 21. The van der Waals surface area contributed by atoms with Gasteiger partial charge in [-0.05, 0) is 216 Å². The normalized spacial score (nSPS) is 33.4. The van der Waals surface area contributed by atoms with Gasteiger partial charge < -0.3 is 67.1 Å². The molecule has 16 heteroatoms. The molecule has 14 nitrogen and oxygen atoms in total. The monoisotopic (exact) mass is 1280 g/mol. The van der Waals surface area contributed by atoms with Gasteiger partial charge in [-0.25, -0.2) is 4.99 Å². The zero-order valence-electron chi connectivity index (χ0n) is 54.6. The van der Waals surface area contributed by atoms with Gasteiger partial charge in [-0.1, -0.05) is 104 Å². The SMILES string of the molecule is C[C@H](O)CN[C@H](CNC1CCCC1)[C@H]1c2cc([C@@H](O)COc3cc(CCc4cc(CO)c(CC[C@@H]5CC[C@H]6[C@H]7CSSC[C@@H](N=C(N)N[C@H]8CCC[C@H](c9cccc(O)c9)C8)[C@@H](C)CC[C@H]6[C@H](C5)C[C@H]7N)o4)ccc3O)[nH]c2[C@H]2C=C[C@@]13CCC[C@@H]3C21CCCC1. The van der Waals surface area contributed by atoms with Gasteiger partial charge in [0.2, 0.25) is 0 Å². The number of hydrogen-bond donors (Lipinski definition) is 11. The maximum atomic E-state index is 12.1. The van der Waals surface area contributed by atoms with Crippen LogP contribution in [0.5, 0.6) is 17.2 Å². The molecule has 6 bridgehead atoms. The lowest BCUT2D eigenvalue weighted by molar-refractivity contribution is 0.0350. The van der Waals surface area contributed by atoms with E-state index >= 15 is 0 Å². The number of fused-ring (bicyclic) bond motifs is 2. The van der Waals surface area contributed by atoms with E-state index in [1.165, 1.54) is 107 Å². The number of guanidine groups is 1. The van der Waals surface area contributed by atoms with Crippen molar-refractivity contribution in [2.45, 2.75) is 241 Å². The maximum Gasteiger partial charge on any atom is 0.189 e. The largest absolute Gasteiger partial charge is 0.508 e. The molecule has 0 amide bonds. The third kappa shape index (κ3) is 14.3. The number of H-pyrrole nitrogens is 1. The van der Waals surface area contributed by atoms with Crippen molar-refractivity contribution >= 4 is 27.5 Å². The number of aromatic hydroxyl groups is 2. The van der Waals surface area contributed by atoms with Crippen molar-refractivity contribution in [1.82, 2.24) is 20.9 Å². The lowest BCUT2D eigenvalue weighted by atomic mass is 9.52. The molecule has 9 aliphatic rings. The van der Waals surface area contributed by atoms with Gasteiger partial charge in [0.05, 0.1) is 18.8 Å². The molecule has 2 aromatic heterocycles. The Morgan fingerprint density at radius 2 is 1.65 bits per heavy atom. The summed E-state index contributed by atoms with van der Waals surface area (Å²) in [5, 5.41) is 66.4. The molecule has 0 radical (unpaired) electrons. The number of aliphatic hydroxyl groups is 3. The zero-order chi connectivity index (χ0) is 62.8. The first-order valence-electron chi connectivity index (χ1n) is 36.0. The van der Waals surface area contributed by atoms with Gasteiger partial charge in [-0.3, -0.25) is 0 Å². The summed E-state index contributed by atoms with van der Waals surface area (Å²) in [5.74, 6) is 9.90. The van der Waals surface area contributed by atoms with Crippen LogP contribution >= 0.6 is 21.6 Å². The van der Waals surface area contributed by atoms with Gasteiger partial charge in [-0.2, -0.15) is 0 Å². The molecule has 7 fully saturated rings. The summed E-state index contributed by atoms with van der Waals surface area (Å²) in [5.41, 5.74) is 20.6. The van der Waals surface area contributed by atoms with Gasteiger partial charge in [-0.15, -0.1) is 0 Å². The molecule has 4 aromatic rings. The highest BCUT2D eigenvalue weighted by atomic mass is 33.1. The van der Waals surface area contributed by atoms with Crippen LogP contribution in [0.2, 0.25) is 0 Å². The van der Waals surface area contributed by atoms with Gasteiger partial charge in [0.1, 0.15) is 30.0 Å². The summed E-state index contributed by atoms with van der Waals surface area (Å²) < 4.78 is 13.0. The Balaban J connectivity index is 0.630. The fourth-order valence-electron chi connectivity index (χ4n) is 20.5. The number of aliphatic hydroxyl groups excluding tert-OH is 3. The van der Waals surface area contributed by atoms with Crippen molar-refractivity contribution in [3.8, 4) is 17.2 Å². The van der Waals surface area contributed by atoms with Crippen LogP contribution in [-0.2, 0) is 25.9 Å². The van der Waals surface area contributed by atoms with E-state index in [0.29, 0.717) is 90.2 Å². The Morgan fingerprint density at radius 3 is 2.47 bits per heavy atom. The minimum absolute atomic E-state index is 0.000920. The number of hydrogen-bond acceptors (Lipinski definition) is 13. The fraction of sp³-hybridized carbons (Fsp3) is 0.693. The molecule has 17 atom stereocenters. The zero-order valence-corrected chi connectivity index (χ0v) is 56.2. The summed E-state index contributed by atoms with van der Waals surface area (Å²) >= 11 is 0. The predicted molar refractivity (Wildman–Crippen MR) is 368 cm³/mol. The Bertz CT molecular complexity index is 3120. The van der Waals surface area contributed by atoms with Gasteiger partial charge in [0.25, 0.3) is 0 Å². The number of nitrogens with one attached hydrogen (secondary N) is 4. The first-order chi connectivity index (χ1) is 44.2. The van der Waals surface area contributed by atoms with Crippen LogP contribution < -0.4 is 32.2 Å². The quantitative estimate of drug-likeness (QED) is 0.0161. The van der Waals surface area contributed by atoms with Crippen molar-refractivity contribution in [2.75, 3.05) is 31.2 Å². The number of allylic oxidation sites excluding steroid dienone is 2. The standard InChI is InChI=1S/C75H109N7O7S2/c1-45-17-23-57-51-32-47(19-24-58(57)60(62(76)37-51)43-90-91-44-65(45)82-73(77)80-54-14-7-10-49(34-54)50-11-8-15-55(85)35-50)21-26-68-52(41-83)36-56(89-68)22-18-48-20-25-66(86)69(33-48)88-42-67(87)63-38-59-71(64(79-39-46(2)84)40-78-53-12-3-4-13-53)75-30-9-16-70(75)74(28-5-6-29-74)61(27-31-75)72(59)81-63/h8,11,15,20,25,27,31,33,35-36,38,45-47,49,51,53-54,57-58,60-62,64-65,67,70-71,78-79,81,83-87H,3-7,9-10,12-14,16-19,21-24,26,28-30,32,34,37,39-44,76H2,1-2H3,(H3,77,80,82)/t45-,46-,47-,49-,51+,54-,57-,58+,60+,61+,62+,64+,65+,67-,70+,71+,75+/m0/s1. The summed E-state index contributed by atoms with van der Waals surface area (Å²) in [6.07, 6.45) is 32.0. The van der Waals surface area contributed by atoms with Gasteiger partial charge >= 0.3 is 0 Å². The molecule has 498 valence electrons. The number of aliphatic imine (C=N–C) groups is 1. The van der Waals surface area contributed by atoms with E-state index in [-0.39, 0.29) is 65.8 Å². The number of nitrogens with zero attached hydrogens (tertiary/aromatic N) is 1. The van der Waals surface area contributed by atoms with E-state index in [9.17, 15) is 25.5 Å². The van der Waals surface area contributed by atoms with Crippen molar-refractivity contribution in [3.05, 3.63) is 112 Å². The minimum atomic E-state index is -0.943. The Labute approximate surface area is 550 Å². The molecule has 1 spiro atoms. The molecule has 3 heterocycles. The molecule has 6 saturated carbocycles. The second kappa shape index (κ2) is 29.1. The Hall–Kier alpha value is -4.13. The highest BCUT2D eigenvalue weighted by molar-refractivity contribution is 8.76. The van der Waals surface area contributed by atoms with Crippen LogP contribution in [0.1, 0.15) is 224 Å². The minimum Gasteiger partial charge on any atom is -0.508 e. The van der Waals surface area contributed by atoms with Crippen molar-refractivity contribution < 1.29 is 34.7 Å². The number of aryl methyl sites for hydroxylation is 3. The number of furan rings is 1. The lowest BCUT2D eigenvalue weighted by Gasteiger charge is -2.53. The highest BCUT2D eigenvalue weighted by Gasteiger charge is 2.65. The van der Waals surface area contributed by atoms with E-state index in [0.717, 1.165) is 104 Å².